The molecule has 266 valence electrons. The Bertz CT molecular complexity index is 5350. The van der Waals surface area contributed by atoms with Gasteiger partial charge in [0, 0.05) is 43.7 Å². The van der Waals surface area contributed by atoms with Gasteiger partial charge in [0.2, 0.25) is 0 Å². The Kier molecular flexibility index (Phi) is 2.78. The highest BCUT2D eigenvalue weighted by molar-refractivity contribution is 6.17. The summed E-state index contributed by atoms with van der Waals surface area (Å²) in [6, 6.07) is -36.7. The van der Waals surface area contributed by atoms with E-state index in [1.54, 1.807) is 0 Å². The van der Waals surface area contributed by atoms with Crippen molar-refractivity contribution in [2.24, 2.45) is 0 Å². The highest BCUT2D eigenvalue weighted by Gasteiger charge is 2.21. The van der Waals surface area contributed by atoms with Gasteiger partial charge in [-0.3, -0.25) is 0 Å². The molecule has 0 unspecified atom stereocenters. The molecule has 0 aliphatic carbocycles. The van der Waals surface area contributed by atoms with Gasteiger partial charge in [-0.05, 0) is 88.7 Å². The number of aromatic nitrogens is 3. The van der Waals surface area contributed by atoms with E-state index < -0.39 is 316 Å². The molecule has 12 aromatic rings. The lowest BCUT2D eigenvalue weighted by atomic mass is 9.98. The fourth-order valence-corrected chi connectivity index (χ4v) is 7.00. The molecule has 12 rings (SSSR count). The lowest BCUT2D eigenvalue weighted by molar-refractivity contribution is 1.15. The molecule has 0 N–H and O–H groups in total. The fraction of sp³-hybridized carbons (Fsp3) is 0. The first-order chi connectivity index (χ1) is 42.9. The Morgan fingerprint density at radius 1 is 0.263 bits per heavy atom. The van der Waals surface area contributed by atoms with Crippen LogP contribution in [0.5, 0.6) is 0 Å². The van der Waals surface area contributed by atoms with E-state index in [9.17, 15) is 20.6 Å². The van der Waals surface area contributed by atoms with Crippen molar-refractivity contribution in [3.63, 3.8) is 0 Å². The van der Waals surface area contributed by atoms with E-state index in [4.69, 9.17) is 27.4 Å². The molecule has 0 saturated carbocycles. The topological polar surface area (TPSA) is 14.8 Å². The van der Waals surface area contributed by atoms with Crippen LogP contribution in [0, 0.1) is 0 Å². The van der Waals surface area contributed by atoms with Gasteiger partial charge in [-0.1, -0.05) is 145 Å². The largest absolute Gasteiger partial charge is 0.309 e. The quantitative estimate of drug-likeness (QED) is 0.166. The molecule has 0 bridgehead atoms. The summed E-state index contributed by atoms with van der Waals surface area (Å²) in [5.41, 5.74) is -11.8. The summed E-state index contributed by atoms with van der Waals surface area (Å²) in [5.74, 6) is 0. The van der Waals surface area contributed by atoms with Crippen molar-refractivity contribution in [3.8, 4) is 39.3 Å². The molecule has 0 spiro atoms. The van der Waals surface area contributed by atoms with Gasteiger partial charge < -0.3 is 13.7 Å². The monoisotopic (exact) mass is 761 g/mol. The molecule has 3 heterocycles. The Morgan fingerprint density at radius 3 is 1.28 bits per heavy atom. The Balaban J connectivity index is 1.39. The van der Waals surface area contributed by atoms with E-state index in [2.05, 4.69) is 0 Å². The Morgan fingerprint density at radius 2 is 0.702 bits per heavy atom. The van der Waals surface area contributed by atoms with Crippen LogP contribution in [0.1, 0.15) is 48.0 Å². The van der Waals surface area contributed by atoms with Crippen LogP contribution in [0.15, 0.2) is 211 Å². The minimum absolute atomic E-state index is 0.559. The molecule has 3 heteroatoms. The second-order valence-electron chi connectivity index (χ2n) is 12.3. The maximum atomic E-state index is 10.5. The van der Waals surface area contributed by atoms with Gasteiger partial charge in [0.15, 0.2) is 0 Å². The zero-order valence-electron chi connectivity index (χ0n) is 63.3. The third-order valence-electron chi connectivity index (χ3n) is 9.29. The molecule has 9 aromatic carbocycles. The van der Waals surface area contributed by atoms with Gasteiger partial charge in [-0.2, -0.15) is 0 Å². The third-order valence-corrected chi connectivity index (χ3v) is 9.29. The van der Waals surface area contributed by atoms with Gasteiger partial charge in [-0.15, -0.1) is 0 Å². The molecule has 0 amide bonds. The number of fused-ring (bicyclic) bond motifs is 9. The van der Waals surface area contributed by atoms with E-state index in [1.807, 2.05) is 0 Å². The maximum absolute atomic E-state index is 10.5. The van der Waals surface area contributed by atoms with E-state index >= 15 is 0 Å². The molecule has 0 radical (unpaired) electrons. The summed E-state index contributed by atoms with van der Waals surface area (Å²) in [6.45, 7) is 0. The van der Waals surface area contributed by atoms with Gasteiger partial charge in [0.25, 0.3) is 0 Å². The van der Waals surface area contributed by atoms with Gasteiger partial charge in [0.05, 0.1) is 86.8 Å². The van der Waals surface area contributed by atoms with E-state index in [0.717, 1.165) is 4.57 Å². The minimum atomic E-state index is -1.24. The average Bonchev–Trinajstić information content (AvgIpc) is 1.50. The Labute approximate surface area is 378 Å². The van der Waals surface area contributed by atoms with Gasteiger partial charge in [-0.25, -0.2) is 0 Å². The number of hydrogen-bond acceptors (Lipinski definition) is 0. The summed E-state index contributed by atoms with van der Waals surface area (Å²) in [4.78, 5) is 0. The van der Waals surface area contributed by atoms with Crippen LogP contribution in [0.2, 0.25) is 0 Å². The van der Waals surface area contributed by atoms with Gasteiger partial charge in [0.1, 0.15) is 0 Å². The summed E-state index contributed by atoms with van der Waals surface area (Å²) >= 11 is 0. The van der Waals surface area contributed by atoms with Crippen molar-refractivity contribution in [2.45, 2.75) is 0 Å². The molecule has 0 aliphatic heterocycles. The standard InChI is InChI=1S/C54H35N3/c1-3-16-36(17-4-1)38-32-39(37-18-5-2-6-19-37)34-41(33-38)56-47-24-11-7-22-44(47)45-31-30-40(35-53(45)56)55-50-27-14-10-23-46(50)54-51(55)28-15-29-52(54)57-48-25-12-8-20-42(48)43-21-9-13-26-49(43)57/h1-35H/i1D,2D,3D,4D,5D,6D,7D,8D,9D,10D,11D,12D,13D,14D,15D,16D,17D,18D,19D,20D,21D,22D,23D,24D,25D,26D,27D,28D,29D,30D,31D,32D,33D,34D,35D. The predicted octanol–water partition coefficient (Wildman–Crippen LogP) is 14.3. The van der Waals surface area contributed by atoms with Crippen molar-refractivity contribution in [2.75, 3.05) is 0 Å². The number of benzene rings is 9. The van der Waals surface area contributed by atoms with Crippen molar-refractivity contribution < 1.29 is 48.0 Å². The summed E-state index contributed by atoms with van der Waals surface area (Å²) in [7, 11) is 0. The third kappa shape index (κ3) is 4.79. The second kappa shape index (κ2) is 12.5. The van der Waals surface area contributed by atoms with Crippen molar-refractivity contribution in [3.05, 3.63) is 211 Å². The lowest BCUT2D eigenvalue weighted by Crippen LogP contribution is -1.98. The molecular weight excluding hydrogens is 691 g/mol. The predicted molar refractivity (Wildman–Crippen MR) is 240 cm³/mol. The van der Waals surface area contributed by atoms with Crippen molar-refractivity contribution >= 4 is 65.4 Å². The molecule has 0 atom stereocenters. The first-order valence-corrected chi connectivity index (χ1v) is 16.8. The number of hydrogen-bond donors (Lipinski definition) is 0. The van der Waals surface area contributed by atoms with Crippen LogP contribution < -0.4 is 0 Å². The highest BCUT2D eigenvalue weighted by Crippen LogP contribution is 2.42. The van der Waals surface area contributed by atoms with Crippen LogP contribution in [-0.2, 0) is 0 Å². The molecule has 57 heavy (non-hydrogen) atoms. The normalized spacial score (nSPS) is 20.5. The zero-order chi connectivity index (χ0) is 67.9. The van der Waals surface area contributed by atoms with Crippen LogP contribution in [0.4, 0.5) is 0 Å². The molecule has 0 aliphatic rings. The smallest absolute Gasteiger partial charge is 0.0667 e. The minimum Gasteiger partial charge on any atom is -0.309 e. The van der Waals surface area contributed by atoms with Crippen molar-refractivity contribution in [1.29, 1.82) is 0 Å². The van der Waals surface area contributed by atoms with Crippen LogP contribution in [-0.4, -0.2) is 13.7 Å². The van der Waals surface area contributed by atoms with Crippen LogP contribution in [0.3, 0.4) is 0 Å². The number of para-hydroxylation sites is 4. The van der Waals surface area contributed by atoms with E-state index in [-0.39, 0.29) is 0 Å². The summed E-state index contributed by atoms with van der Waals surface area (Å²) in [6.07, 6.45) is 0. The Hall–Kier alpha value is -7.62. The SMILES string of the molecule is [2H]c1c([2H])c([2H])c(-c2c([2H])c(-c3c([2H])c([2H])c([2H])c([2H])c3[2H])c([2H])c(-n3c4c([2H])c([2H])c([2H])c([2H])c4c4c([2H])c([2H])c(-n5c6c([2H])c([2H])c([2H])c([2H])c6c6c(-n7c8c([2H])c([2H])c([2H])c([2H])c8c8c([2H])c([2H])c([2H])c([2H])c87)c([2H])c([2H])c([2H])c65)c([2H])c43)c2[2H])c([2H])c1[2H]. The molecule has 3 aromatic heterocycles. The maximum Gasteiger partial charge on any atom is 0.0667 e. The van der Waals surface area contributed by atoms with Crippen LogP contribution in [0.25, 0.3) is 105 Å². The van der Waals surface area contributed by atoms with E-state index in [0.29, 0.717) is 9.13 Å². The first-order valence-electron chi connectivity index (χ1n) is 34.3. The summed E-state index contributed by atoms with van der Waals surface area (Å²) < 4.78 is 324. The highest BCUT2D eigenvalue weighted by atomic mass is 15.0. The number of rotatable bonds is 5. The molecular formula is C54H35N3. The zero-order valence-corrected chi connectivity index (χ0v) is 28.3. The molecule has 0 fully saturated rings. The van der Waals surface area contributed by atoms with E-state index in [1.165, 1.54) is 0 Å². The average molecular weight is 761 g/mol. The first kappa shape index (κ1) is 12.7. The second-order valence-corrected chi connectivity index (χ2v) is 12.3. The summed E-state index contributed by atoms with van der Waals surface area (Å²) in [5, 5.41) is -4.13. The molecule has 3 nitrogen and oxygen atoms in total. The lowest BCUT2D eigenvalue weighted by Gasteiger charge is -2.15. The number of nitrogens with zero attached hydrogens (tertiary/aromatic N) is 3. The van der Waals surface area contributed by atoms with Crippen LogP contribution >= 0.6 is 0 Å². The van der Waals surface area contributed by atoms with Gasteiger partial charge >= 0.3 is 0 Å². The molecule has 0 saturated heterocycles. The van der Waals surface area contributed by atoms with Crippen molar-refractivity contribution in [1.82, 2.24) is 13.7 Å². The fourth-order valence-electron chi connectivity index (χ4n) is 7.00.